The molecule has 0 saturated carbocycles. The van der Waals surface area contributed by atoms with Gasteiger partial charge >= 0.3 is 0 Å². The van der Waals surface area contributed by atoms with Gasteiger partial charge in [0.1, 0.15) is 8.07 Å². The van der Waals surface area contributed by atoms with Crippen LogP contribution in [-0.2, 0) is 0 Å². The van der Waals surface area contributed by atoms with Gasteiger partial charge < -0.3 is 4.90 Å². The Kier molecular flexibility index (Phi) is 6.73. The van der Waals surface area contributed by atoms with Crippen molar-refractivity contribution in [1.29, 1.82) is 0 Å². The van der Waals surface area contributed by atoms with Gasteiger partial charge in [-0.05, 0) is 38.3 Å². The van der Waals surface area contributed by atoms with E-state index in [-0.39, 0.29) is 0 Å². The molecule has 0 aliphatic heterocycles. The van der Waals surface area contributed by atoms with Crippen LogP contribution in [0.2, 0.25) is 18.6 Å². The van der Waals surface area contributed by atoms with Crippen LogP contribution in [0.15, 0.2) is 24.4 Å². The van der Waals surface area contributed by atoms with Crippen molar-refractivity contribution in [1.82, 2.24) is 9.88 Å². The Bertz CT molecular complexity index is 349. The van der Waals surface area contributed by atoms with Crippen LogP contribution in [0.4, 0.5) is 0 Å². The lowest BCUT2D eigenvalue weighted by Gasteiger charge is -2.34. The highest BCUT2D eigenvalue weighted by Crippen LogP contribution is 2.28. The average Bonchev–Trinajstić information content (AvgIpc) is 2.38. The standard InChI is InChI=1S/C16H30N2Si/c1-6-7-8-11-15(14-18(2)3)19(4,5)16-12-9-10-13-17-16/h9-10,12-13,15H,6-8,11,14H2,1-5H3. The van der Waals surface area contributed by atoms with Gasteiger partial charge in [-0.15, -0.1) is 0 Å². The molecule has 1 atom stereocenters. The maximum atomic E-state index is 4.65. The minimum absolute atomic E-state index is 0.795. The first kappa shape index (κ1) is 16.4. The number of pyridine rings is 1. The largest absolute Gasteiger partial charge is 0.309 e. The molecule has 1 aromatic rings. The van der Waals surface area contributed by atoms with Crippen molar-refractivity contribution in [2.75, 3.05) is 20.6 Å². The van der Waals surface area contributed by atoms with E-state index in [0.29, 0.717) is 0 Å². The summed E-state index contributed by atoms with van der Waals surface area (Å²) in [6.07, 6.45) is 7.32. The van der Waals surface area contributed by atoms with Gasteiger partial charge in [-0.1, -0.05) is 51.8 Å². The van der Waals surface area contributed by atoms with Gasteiger partial charge in [-0.3, -0.25) is 4.98 Å². The summed E-state index contributed by atoms with van der Waals surface area (Å²) in [6, 6.07) is 6.39. The highest BCUT2D eigenvalue weighted by Gasteiger charge is 2.34. The average molecular weight is 279 g/mol. The number of aromatic nitrogens is 1. The van der Waals surface area contributed by atoms with Crippen molar-refractivity contribution in [2.24, 2.45) is 0 Å². The monoisotopic (exact) mass is 278 g/mol. The van der Waals surface area contributed by atoms with Crippen molar-refractivity contribution < 1.29 is 0 Å². The smallest absolute Gasteiger partial charge is 0.109 e. The van der Waals surface area contributed by atoms with Crippen molar-refractivity contribution >= 4 is 13.4 Å². The first-order valence-corrected chi connectivity index (χ1v) is 10.6. The van der Waals surface area contributed by atoms with E-state index in [1.165, 1.54) is 37.5 Å². The maximum absolute atomic E-state index is 4.65. The topological polar surface area (TPSA) is 16.1 Å². The van der Waals surface area contributed by atoms with Crippen molar-refractivity contribution in [3.05, 3.63) is 24.4 Å². The number of hydrogen-bond acceptors (Lipinski definition) is 2. The Labute approximate surface area is 120 Å². The molecule has 1 heterocycles. The molecule has 0 spiro atoms. The van der Waals surface area contributed by atoms with E-state index in [1.807, 2.05) is 12.3 Å². The zero-order valence-corrected chi connectivity index (χ0v) is 14.3. The highest BCUT2D eigenvalue weighted by molar-refractivity contribution is 6.90. The normalized spacial score (nSPS) is 13.8. The Balaban J connectivity index is 2.82. The summed E-state index contributed by atoms with van der Waals surface area (Å²) in [5, 5.41) is 1.36. The minimum Gasteiger partial charge on any atom is -0.309 e. The third-order valence-electron chi connectivity index (χ3n) is 4.09. The first-order valence-electron chi connectivity index (χ1n) is 7.54. The van der Waals surface area contributed by atoms with Gasteiger partial charge in [0.15, 0.2) is 0 Å². The molecule has 0 bridgehead atoms. The maximum Gasteiger partial charge on any atom is 0.109 e. The molecule has 0 aromatic carbocycles. The van der Waals surface area contributed by atoms with Gasteiger partial charge in [0.2, 0.25) is 0 Å². The van der Waals surface area contributed by atoms with E-state index in [4.69, 9.17) is 0 Å². The predicted octanol–water partition coefficient (Wildman–Crippen LogP) is 3.51. The first-order chi connectivity index (χ1) is 8.98. The minimum atomic E-state index is -1.47. The van der Waals surface area contributed by atoms with Crippen molar-refractivity contribution in [2.45, 2.75) is 51.2 Å². The fourth-order valence-corrected chi connectivity index (χ4v) is 5.81. The van der Waals surface area contributed by atoms with Crippen LogP contribution < -0.4 is 5.32 Å². The van der Waals surface area contributed by atoms with Crippen LogP contribution in [-0.4, -0.2) is 38.6 Å². The molecule has 0 radical (unpaired) electrons. The Hall–Kier alpha value is -0.673. The van der Waals surface area contributed by atoms with Crippen LogP contribution in [0.1, 0.15) is 32.6 Å². The summed E-state index contributed by atoms with van der Waals surface area (Å²) in [6.45, 7) is 8.44. The number of unbranched alkanes of at least 4 members (excludes halogenated alkanes) is 2. The molecular formula is C16H30N2Si. The van der Waals surface area contributed by atoms with Crippen LogP contribution in [0.25, 0.3) is 0 Å². The molecule has 0 N–H and O–H groups in total. The second-order valence-corrected chi connectivity index (χ2v) is 11.2. The Morgan fingerprint density at radius 1 is 1.21 bits per heavy atom. The zero-order valence-electron chi connectivity index (χ0n) is 13.3. The van der Waals surface area contributed by atoms with E-state index in [0.717, 1.165) is 5.54 Å². The molecule has 19 heavy (non-hydrogen) atoms. The molecule has 0 amide bonds. The van der Waals surface area contributed by atoms with Crippen LogP contribution in [0, 0.1) is 0 Å². The molecule has 0 aliphatic rings. The molecule has 2 nitrogen and oxygen atoms in total. The molecule has 1 unspecified atom stereocenters. The summed E-state index contributed by atoms with van der Waals surface area (Å²) < 4.78 is 0. The van der Waals surface area contributed by atoms with E-state index >= 15 is 0 Å². The number of hydrogen-bond donors (Lipinski definition) is 0. The molecule has 108 valence electrons. The van der Waals surface area contributed by atoms with Gasteiger partial charge in [0, 0.05) is 11.5 Å². The third-order valence-corrected chi connectivity index (χ3v) is 8.22. The van der Waals surface area contributed by atoms with Crippen molar-refractivity contribution in [3.8, 4) is 0 Å². The molecule has 1 rings (SSSR count). The molecule has 0 saturated heterocycles. The molecular weight excluding hydrogens is 248 g/mol. The highest BCUT2D eigenvalue weighted by atomic mass is 28.3. The Morgan fingerprint density at radius 3 is 2.47 bits per heavy atom. The lowest BCUT2D eigenvalue weighted by molar-refractivity contribution is 0.385. The molecule has 3 heteroatoms. The number of rotatable bonds is 8. The van der Waals surface area contributed by atoms with Crippen LogP contribution in [0.5, 0.6) is 0 Å². The van der Waals surface area contributed by atoms with Crippen LogP contribution in [0.3, 0.4) is 0 Å². The lowest BCUT2D eigenvalue weighted by atomic mass is 10.1. The van der Waals surface area contributed by atoms with Gasteiger partial charge in [-0.2, -0.15) is 0 Å². The fraction of sp³-hybridized carbons (Fsp3) is 0.688. The second kappa shape index (κ2) is 7.80. The van der Waals surface area contributed by atoms with Crippen LogP contribution >= 0.6 is 0 Å². The fourth-order valence-electron chi connectivity index (χ4n) is 2.71. The van der Waals surface area contributed by atoms with Gasteiger partial charge in [0.05, 0.1) is 0 Å². The zero-order chi connectivity index (χ0) is 14.3. The van der Waals surface area contributed by atoms with Crippen molar-refractivity contribution in [3.63, 3.8) is 0 Å². The summed E-state index contributed by atoms with van der Waals surface area (Å²) in [4.78, 5) is 6.99. The van der Waals surface area contributed by atoms with E-state index in [1.54, 1.807) is 0 Å². The number of nitrogens with zero attached hydrogens (tertiary/aromatic N) is 2. The van der Waals surface area contributed by atoms with E-state index in [2.05, 4.69) is 56.1 Å². The summed E-state index contributed by atoms with van der Waals surface area (Å²) in [7, 11) is 2.91. The van der Waals surface area contributed by atoms with E-state index < -0.39 is 8.07 Å². The second-order valence-electron chi connectivity index (χ2n) is 6.39. The SMILES string of the molecule is CCCCCC(CN(C)C)[Si](C)(C)c1ccccn1. The Morgan fingerprint density at radius 2 is 1.95 bits per heavy atom. The van der Waals surface area contributed by atoms with E-state index in [9.17, 15) is 0 Å². The summed E-state index contributed by atoms with van der Waals surface area (Å²) in [5.74, 6) is 0. The molecule has 0 aliphatic carbocycles. The van der Waals surface area contributed by atoms with Gasteiger partial charge in [0.25, 0.3) is 0 Å². The molecule has 0 fully saturated rings. The summed E-state index contributed by atoms with van der Waals surface area (Å²) in [5.41, 5.74) is 0.795. The lowest BCUT2D eigenvalue weighted by Crippen LogP contribution is -2.50. The third kappa shape index (κ3) is 5.07. The molecule has 1 aromatic heterocycles. The summed E-state index contributed by atoms with van der Waals surface area (Å²) >= 11 is 0. The predicted molar refractivity (Wildman–Crippen MR) is 87.8 cm³/mol. The quantitative estimate of drug-likeness (QED) is 0.534. The van der Waals surface area contributed by atoms with Gasteiger partial charge in [-0.25, -0.2) is 0 Å².